The lowest BCUT2D eigenvalue weighted by Gasteiger charge is -2.53. The van der Waals surface area contributed by atoms with Crippen molar-refractivity contribution in [1.82, 2.24) is 19.5 Å². The molecular weight excluding hydrogens is 494 g/mol. The van der Waals surface area contributed by atoms with Crippen LogP contribution in [0.4, 0.5) is 5.82 Å². The zero-order valence-electron chi connectivity index (χ0n) is 24.0. The van der Waals surface area contributed by atoms with E-state index >= 15 is 0 Å². The molecular formula is C30H45N5O4. The number of anilines is 1. The van der Waals surface area contributed by atoms with E-state index in [1.807, 2.05) is 0 Å². The molecule has 39 heavy (non-hydrogen) atoms. The highest BCUT2D eigenvalue weighted by Gasteiger charge is 2.48. The van der Waals surface area contributed by atoms with E-state index in [2.05, 4.69) is 67.0 Å². The van der Waals surface area contributed by atoms with Crippen LogP contribution in [0, 0.1) is 22.7 Å². The quantitative estimate of drug-likeness (QED) is 0.364. The Morgan fingerprint density at radius 2 is 2.00 bits per heavy atom. The molecule has 0 amide bonds. The minimum Gasteiger partial charge on any atom is -0.394 e. The number of nitrogens with one attached hydrogen (secondary N) is 1. The molecule has 3 heterocycles. The summed E-state index contributed by atoms with van der Waals surface area (Å²) in [4.78, 5) is 13.2. The second-order valence-corrected chi connectivity index (χ2v) is 12.8. The summed E-state index contributed by atoms with van der Waals surface area (Å²) < 4.78 is 7.23. The van der Waals surface area contributed by atoms with E-state index in [0.29, 0.717) is 46.2 Å². The van der Waals surface area contributed by atoms with Crippen molar-refractivity contribution in [2.75, 3.05) is 18.5 Å². The lowest BCUT2D eigenvalue weighted by molar-refractivity contribution is -0.0511. The van der Waals surface area contributed by atoms with E-state index < -0.39 is 24.5 Å². The maximum absolute atomic E-state index is 10.4. The second-order valence-electron chi connectivity index (χ2n) is 12.8. The van der Waals surface area contributed by atoms with Gasteiger partial charge in [0.05, 0.1) is 12.9 Å². The fourth-order valence-electron chi connectivity index (χ4n) is 7.13. The molecule has 2 aromatic heterocycles. The number of allylic oxidation sites excluding steroid dienone is 3. The standard InChI is InChI=1S/C30H45N5O4/c1-18(10-13-30(5)19(2)8-9-20-21(30)7-6-12-29(20,3)4)11-14-31-26-23-27(33-16-32-26)35(17-34-23)28-25(38)24(37)22(15-36)39-28/h9,11,16-17,19,21-22,24-25,28,36-38H,6-8,10,12-15H2,1-5H3,(H,31,32,33)/b18-11+/t19-,21+,22+,24+,25+,28+,30+/m0/s1. The number of hydrogen-bond acceptors (Lipinski definition) is 8. The molecule has 3 aliphatic rings. The van der Waals surface area contributed by atoms with Crippen molar-refractivity contribution in [3.63, 3.8) is 0 Å². The van der Waals surface area contributed by atoms with E-state index in [0.717, 1.165) is 6.42 Å². The highest BCUT2D eigenvalue weighted by atomic mass is 16.6. The summed E-state index contributed by atoms with van der Waals surface area (Å²) in [5, 5.41) is 33.3. The van der Waals surface area contributed by atoms with E-state index in [1.165, 1.54) is 50.3 Å². The van der Waals surface area contributed by atoms with Gasteiger partial charge in [-0.25, -0.2) is 15.0 Å². The van der Waals surface area contributed by atoms with Crippen molar-refractivity contribution in [1.29, 1.82) is 0 Å². The zero-order valence-corrected chi connectivity index (χ0v) is 24.0. The molecule has 0 unspecified atom stereocenters. The number of rotatable bonds is 8. The largest absolute Gasteiger partial charge is 0.394 e. The smallest absolute Gasteiger partial charge is 0.167 e. The highest BCUT2D eigenvalue weighted by Crippen LogP contribution is 2.58. The summed E-state index contributed by atoms with van der Waals surface area (Å²) in [5.74, 6) is 1.98. The van der Waals surface area contributed by atoms with Gasteiger partial charge in [-0.15, -0.1) is 0 Å². The summed E-state index contributed by atoms with van der Waals surface area (Å²) in [6.07, 6.45) is 11.0. The van der Waals surface area contributed by atoms with Gasteiger partial charge in [0.1, 0.15) is 24.6 Å². The lowest BCUT2D eigenvalue weighted by Crippen LogP contribution is -2.43. The second kappa shape index (κ2) is 10.9. The predicted molar refractivity (Wildman–Crippen MR) is 151 cm³/mol. The van der Waals surface area contributed by atoms with Crippen molar-refractivity contribution in [3.05, 3.63) is 36.0 Å². The van der Waals surface area contributed by atoms with Crippen molar-refractivity contribution in [3.8, 4) is 0 Å². The lowest BCUT2D eigenvalue weighted by atomic mass is 9.52. The van der Waals surface area contributed by atoms with Crippen molar-refractivity contribution >= 4 is 17.0 Å². The number of aliphatic hydroxyl groups excluding tert-OH is 3. The maximum atomic E-state index is 10.4. The molecule has 1 aliphatic heterocycles. The van der Waals surface area contributed by atoms with Crippen LogP contribution in [-0.4, -0.2) is 66.3 Å². The van der Waals surface area contributed by atoms with Crippen LogP contribution in [0.25, 0.3) is 11.2 Å². The van der Waals surface area contributed by atoms with Crippen LogP contribution < -0.4 is 5.32 Å². The Balaban J connectivity index is 1.23. The number of aliphatic hydroxyl groups is 3. The van der Waals surface area contributed by atoms with E-state index in [-0.39, 0.29) is 6.61 Å². The van der Waals surface area contributed by atoms with Crippen LogP contribution in [-0.2, 0) is 4.74 Å². The van der Waals surface area contributed by atoms with Crippen molar-refractivity contribution in [2.45, 2.75) is 97.7 Å². The van der Waals surface area contributed by atoms with Gasteiger partial charge in [-0.2, -0.15) is 0 Å². The van der Waals surface area contributed by atoms with Gasteiger partial charge in [0.25, 0.3) is 0 Å². The Hall–Kier alpha value is -2.33. The molecule has 2 fully saturated rings. The first-order valence-corrected chi connectivity index (χ1v) is 14.5. The minimum atomic E-state index is -1.20. The Kier molecular flexibility index (Phi) is 7.90. The summed E-state index contributed by atoms with van der Waals surface area (Å²) in [5.41, 5.74) is 4.78. The van der Waals surface area contributed by atoms with E-state index in [9.17, 15) is 15.3 Å². The average molecular weight is 540 g/mol. The summed E-state index contributed by atoms with van der Waals surface area (Å²) >= 11 is 0. The van der Waals surface area contributed by atoms with Crippen LogP contribution in [0.3, 0.4) is 0 Å². The number of fused-ring (bicyclic) bond motifs is 2. The topological polar surface area (TPSA) is 126 Å². The van der Waals surface area contributed by atoms with E-state index in [4.69, 9.17) is 4.74 Å². The Bertz CT molecular complexity index is 1240. The monoisotopic (exact) mass is 539 g/mol. The molecule has 1 saturated carbocycles. The number of ether oxygens (including phenoxy) is 1. The first kappa shape index (κ1) is 28.2. The fourth-order valence-corrected chi connectivity index (χ4v) is 7.13. The van der Waals surface area contributed by atoms with Gasteiger partial charge in [0, 0.05) is 6.54 Å². The molecule has 0 bridgehead atoms. The van der Waals surface area contributed by atoms with Crippen LogP contribution in [0.15, 0.2) is 36.0 Å². The summed E-state index contributed by atoms with van der Waals surface area (Å²) in [6, 6.07) is 0. The molecule has 2 aromatic rings. The third-order valence-electron chi connectivity index (χ3n) is 9.99. The first-order chi connectivity index (χ1) is 18.6. The molecule has 5 rings (SSSR count). The zero-order chi connectivity index (χ0) is 27.9. The normalized spacial score (nSPS) is 34.7. The molecule has 2 aliphatic carbocycles. The molecule has 1 saturated heterocycles. The van der Waals surface area contributed by atoms with Gasteiger partial charge >= 0.3 is 0 Å². The molecule has 0 radical (unpaired) electrons. The van der Waals surface area contributed by atoms with Gasteiger partial charge in [-0.1, -0.05) is 57.4 Å². The number of aromatic nitrogens is 4. The molecule has 0 aromatic carbocycles. The molecule has 214 valence electrons. The predicted octanol–water partition coefficient (Wildman–Crippen LogP) is 4.38. The van der Waals surface area contributed by atoms with Crippen molar-refractivity contribution < 1.29 is 20.1 Å². The van der Waals surface area contributed by atoms with Crippen LogP contribution in [0.2, 0.25) is 0 Å². The number of hydrogen-bond donors (Lipinski definition) is 4. The van der Waals surface area contributed by atoms with Gasteiger partial charge in [0.15, 0.2) is 23.2 Å². The first-order valence-electron chi connectivity index (χ1n) is 14.5. The van der Waals surface area contributed by atoms with Crippen LogP contribution in [0.5, 0.6) is 0 Å². The third kappa shape index (κ3) is 5.14. The average Bonchev–Trinajstić information content (AvgIpc) is 3.46. The molecule has 9 heteroatoms. The van der Waals surface area contributed by atoms with Gasteiger partial charge in [0.2, 0.25) is 0 Å². The minimum absolute atomic E-state index is 0.325. The van der Waals surface area contributed by atoms with Gasteiger partial charge in [-0.05, 0) is 61.7 Å². The Morgan fingerprint density at radius 3 is 2.74 bits per heavy atom. The highest BCUT2D eigenvalue weighted by molar-refractivity contribution is 5.82. The molecule has 7 atom stereocenters. The fraction of sp³-hybridized carbons (Fsp3) is 0.700. The molecule has 4 N–H and O–H groups in total. The van der Waals surface area contributed by atoms with Gasteiger partial charge < -0.3 is 25.4 Å². The third-order valence-corrected chi connectivity index (χ3v) is 9.99. The maximum Gasteiger partial charge on any atom is 0.167 e. The summed E-state index contributed by atoms with van der Waals surface area (Å²) in [6.45, 7) is 12.3. The molecule has 9 nitrogen and oxygen atoms in total. The number of imidazole rings is 1. The Morgan fingerprint density at radius 1 is 1.21 bits per heavy atom. The van der Waals surface area contributed by atoms with Crippen LogP contribution in [0.1, 0.15) is 79.4 Å². The van der Waals surface area contributed by atoms with Crippen molar-refractivity contribution in [2.24, 2.45) is 22.7 Å². The Labute approximate surface area is 231 Å². The van der Waals surface area contributed by atoms with Crippen LogP contribution >= 0.6 is 0 Å². The summed E-state index contributed by atoms with van der Waals surface area (Å²) in [7, 11) is 0. The number of nitrogens with zero attached hydrogens (tertiary/aromatic N) is 4. The SMILES string of the molecule is C/C(=C\CNc1ncnc2c1ncn2[C@@H]1O[C@H](CO)[C@@H](O)[C@H]1O)CC[C@@]1(C)[C@@H]2CCCC(C)(C)C2=CC[C@@H]1C. The van der Waals surface area contributed by atoms with Gasteiger partial charge in [-0.3, -0.25) is 4.57 Å². The molecule has 0 spiro atoms. The van der Waals surface area contributed by atoms with E-state index in [1.54, 1.807) is 10.1 Å².